The molecule has 0 aliphatic heterocycles. The van der Waals surface area contributed by atoms with E-state index in [1.54, 1.807) is 6.07 Å². The van der Waals surface area contributed by atoms with E-state index in [1.807, 2.05) is 19.1 Å². The Kier molecular flexibility index (Phi) is 7.41. The molecule has 0 heterocycles. The summed E-state index contributed by atoms with van der Waals surface area (Å²) in [5.41, 5.74) is 6.48. The number of para-hydroxylation sites is 1. The molecule has 1 aromatic carbocycles. The molecule has 3 N–H and O–H groups in total. The van der Waals surface area contributed by atoms with Gasteiger partial charge >= 0.3 is 0 Å². The molecule has 0 saturated carbocycles. The fourth-order valence-electron chi connectivity index (χ4n) is 2.03. The minimum atomic E-state index is -0.135. The van der Waals surface area contributed by atoms with E-state index in [0.29, 0.717) is 23.7 Å². The highest BCUT2D eigenvalue weighted by molar-refractivity contribution is 6.32. The second-order valence-corrected chi connectivity index (χ2v) is 5.22. The molecule has 1 aromatic rings. The van der Waals surface area contributed by atoms with E-state index in [9.17, 15) is 4.79 Å². The lowest BCUT2D eigenvalue weighted by atomic mass is 10.1. The molecule has 0 fully saturated rings. The van der Waals surface area contributed by atoms with E-state index in [2.05, 4.69) is 12.2 Å². The number of amides is 1. The smallest absolute Gasteiger partial charge is 0.258 e. The number of nitrogens with one attached hydrogen (secondary N) is 1. The predicted octanol–water partition coefficient (Wildman–Crippen LogP) is 2.52. The first-order valence-corrected chi connectivity index (χ1v) is 7.35. The van der Waals surface area contributed by atoms with Crippen LogP contribution in [0.25, 0.3) is 0 Å². The highest BCUT2D eigenvalue weighted by Crippen LogP contribution is 2.28. The van der Waals surface area contributed by atoms with Gasteiger partial charge in [-0.2, -0.15) is 0 Å². The third-order valence-corrected chi connectivity index (χ3v) is 3.24. The molecule has 1 rings (SSSR count). The first kappa shape index (κ1) is 16.8. The van der Waals surface area contributed by atoms with Gasteiger partial charge in [0.1, 0.15) is 5.75 Å². The summed E-state index contributed by atoms with van der Waals surface area (Å²) in [5, 5.41) is 3.40. The van der Waals surface area contributed by atoms with Crippen LogP contribution in [0.15, 0.2) is 18.2 Å². The molecular formula is C15H23ClN2O2. The molecule has 112 valence electrons. The molecule has 0 aliphatic rings. The van der Waals surface area contributed by atoms with Crippen LogP contribution in [0.4, 0.5) is 0 Å². The zero-order valence-electron chi connectivity index (χ0n) is 12.1. The van der Waals surface area contributed by atoms with Crippen LogP contribution in [0.2, 0.25) is 5.02 Å². The van der Waals surface area contributed by atoms with Gasteiger partial charge < -0.3 is 15.8 Å². The number of benzene rings is 1. The molecule has 0 saturated heterocycles. The summed E-state index contributed by atoms with van der Waals surface area (Å²) in [4.78, 5) is 11.8. The van der Waals surface area contributed by atoms with E-state index < -0.39 is 0 Å². The van der Waals surface area contributed by atoms with Crippen molar-refractivity contribution in [2.24, 2.45) is 5.73 Å². The van der Waals surface area contributed by atoms with Gasteiger partial charge in [-0.15, -0.1) is 0 Å². The van der Waals surface area contributed by atoms with Crippen LogP contribution in [-0.4, -0.2) is 25.1 Å². The van der Waals surface area contributed by atoms with E-state index in [-0.39, 0.29) is 18.6 Å². The van der Waals surface area contributed by atoms with E-state index >= 15 is 0 Å². The average molecular weight is 299 g/mol. The maximum Gasteiger partial charge on any atom is 0.258 e. The monoisotopic (exact) mass is 298 g/mol. The maximum atomic E-state index is 11.8. The van der Waals surface area contributed by atoms with Crippen molar-refractivity contribution in [2.75, 3.05) is 13.2 Å². The van der Waals surface area contributed by atoms with Crippen molar-refractivity contribution >= 4 is 17.5 Å². The summed E-state index contributed by atoms with van der Waals surface area (Å²) in [5.74, 6) is 0.419. The van der Waals surface area contributed by atoms with Crippen molar-refractivity contribution in [2.45, 2.75) is 39.2 Å². The standard InChI is InChI=1S/C15H23ClN2O2/c1-3-5-11(2)18-14(19)10-20-15-12(8-9-17)6-4-7-13(15)16/h4,6-7,11H,3,5,8-10,17H2,1-2H3,(H,18,19). The minimum absolute atomic E-state index is 0.0324. The number of halogens is 1. The van der Waals surface area contributed by atoms with Crippen molar-refractivity contribution in [3.05, 3.63) is 28.8 Å². The summed E-state index contributed by atoms with van der Waals surface area (Å²) < 4.78 is 5.56. The topological polar surface area (TPSA) is 64.3 Å². The predicted molar refractivity (Wildman–Crippen MR) is 82.2 cm³/mol. The third-order valence-electron chi connectivity index (χ3n) is 2.94. The van der Waals surface area contributed by atoms with Crippen LogP contribution in [0.3, 0.4) is 0 Å². The van der Waals surface area contributed by atoms with Crippen LogP contribution in [0, 0.1) is 0 Å². The second kappa shape index (κ2) is 8.82. The Labute approximate surface area is 125 Å². The molecular weight excluding hydrogens is 276 g/mol. The van der Waals surface area contributed by atoms with E-state index in [0.717, 1.165) is 18.4 Å². The van der Waals surface area contributed by atoms with Crippen molar-refractivity contribution in [3.8, 4) is 5.75 Å². The van der Waals surface area contributed by atoms with Gasteiger partial charge in [-0.3, -0.25) is 4.79 Å². The largest absolute Gasteiger partial charge is 0.482 e. The molecule has 0 bridgehead atoms. The highest BCUT2D eigenvalue weighted by atomic mass is 35.5. The average Bonchev–Trinajstić information content (AvgIpc) is 2.38. The zero-order chi connectivity index (χ0) is 15.0. The molecule has 0 aliphatic carbocycles. The summed E-state index contributed by atoms with van der Waals surface area (Å²) >= 11 is 6.11. The molecule has 0 spiro atoms. The van der Waals surface area contributed by atoms with Crippen LogP contribution < -0.4 is 15.8 Å². The van der Waals surface area contributed by atoms with Gasteiger partial charge in [0.2, 0.25) is 0 Å². The Hall–Kier alpha value is -1.26. The number of hydrogen-bond acceptors (Lipinski definition) is 3. The highest BCUT2D eigenvalue weighted by Gasteiger charge is 2.11. The maximum absolute atomic E-state index is 11.8. The quantitative estimate of drug-likeness (QED) is 0.775. The van der Waals surface area contributed by atoms with E-state index in [4.69, 9.17) is 22.1 Å². The Morgan fingerprint density at radius 2 is 2.25 bits per heavy atom. The van der Waals surface area contributed by atoms with Gasteiger partial charge in [0.05, 0.1) is 5.02 Å². The van der Waals surface area contributed by atoms with Crippen molar-refractivity contribution in [3.63, 3.8) is 0 Å². The van der Waals surface area contributed by atoms with Crippen LogP contribution in [0.1, 0.15) is 32.3 Å². The van der Waals surface area contributed by atoms with E-state index in [1.165, 1.54) is 0 Å². The van der Waals surface area contributed by atoms with Crippen molar-refractivity contribution in [1.29, 1.82) is 0 Å². The summed E-state index contributed by atoms with van der Waals surface area (Å²) in [6.45, 7) is 4.55. The molecule has 4 nitrogen and oxygen atoms in total. The molecule has 5 heteroatoms. The molecule has 1 amide bonds. The Morgan fingerprint density at radius 3 is 2.90 bits per heavy atom. The van der Waals surface area contributed by atoms with Crippen LogP contribution >= 0.6 is 11.6 Å². The van der Waals surface area contributed by atoms with Crippen LogP contribution in [0.5, 0.6) is 5.75 Å². The van der Waals surface area contributed by atoms with Crippen molar-refractivity contribution in [1.82, 2.24) is 5.32 Å². The molecule has 20 heavy (non-hydrogen) atoms. The fourth-order valence-corrected chi connectivity index (χ4v) is 2.28. The SMILES string of the molecule is CCCC(C)NC(=O)COc1c(Cl)cccc1CCN. The fraction of sp³-hybridized carbons (Fsp3) is 0.533. The van der Waals surface area contributed by atoms with Gasteiger partial charge in [0.25, 0.3) is 5.91 Å². The Morgan fingerprint density at radius 1 is 1.50 bits per heavy atom. The van der Waals surface area contributed by atoms with Gasteiger partial charge in [-0.05, 0) is 37.9 Å². The summed E-state index contributed by atoms with van der Waals surface area (Å²) in [7, 11) is 0. The molecule has 1 atom stereocenters. The number of ether oxygens (including phenoxy) is 1. The lowest BCUT2D eigenvalue weighted by Crippen LogP contribution is -2.36. The first-order chi connectivity index (χ1) is 9.58. The second-order valence-electron chi connectivity index (χ2n) is 4.81. The normalized spacial score (nSPS) is 12.0. The summed E-state index contributed by atoms with van der Waals surface area (Å²) in [6, 6.07) is 5.66. The molecule has 0 aromatic heterocycles. The Bertz CT molecular complexity index is 438. The minimum Gasteiger partial charge on any atom is -0.482 e. The number of hydrogen-bond donors (Lipinski definition) is 2. The number of nitrogens with two attached hydrogens (primary N) is 1. The first-order valence-electron chi connectivity index (χ1n) is 6.98. The molecule has 1 unspecified atom stereocenters. The Balaban J connectivity index is 2.58. The zero-order valence-corrected chi connectivity index (χ0v) is 12.9. The van der Waals surface area contributed by atoms with Gasteiger partial charge in [-0.1, -0.05) is 37.1 Å². The number of carbonyl (C=O) groups is 1. The van der Waals surface area contributed by atoms with Crippen LogP contribution in [-0.2, 0) is 11.2 Å². The van der Waals surface area contributed by atoms with Gasteiger partial charge in [0.15, 0.2) is 6.61 Å². The lowest BCUT2D eigenvalue weighted by Gasteiger charge is -2.15. The van der Waals surface area contributed by atoms with Crippen molar-refractivity contribution < 1.29 is 9.53 Å². The lowest BCUT2D eigenvalue weighted by molar-refractivity contribution is -0.123. The number of rotatable bonds is 8. The molecule has 0 radical (unpaired) electrons. The van der Waals surface area contributed by atoms with Gasteiger partial charge in [0, 0.05) is 6.04 Å². The number of carbonyl (C=O) groups excluding carboxylic acids is 1. The third kappa shape index (κ3) is 5.39. The summed E-state index contributed by atoms with van der Waals surface area (Å²) in [6.07, 6.45) is 2.66. The van der Waals surface area contributed by atoms with Gasteiger partial charge in [-0.25, -0.2) is 0 Å².